The lowest BCUT2D eigenvalue weighted by molar-refractivity contribution is -0.137. The van der Waals surface area contributed by atoms with Crippen molar-refractivity contribution in [2.75, 3.05) is 38.0 Å². The SMILES string of the molecule is O=C(Nc1cccc(C(F)(F)F)c1)N1CCN(CCn2cccn2)CC1. The van der Waals surface area contributed by atoms with Crippen LogP contribution in [0.3, 0.4) is 0 Å². The number of alkyl halides is 3. The average Bonchev–Trinajstić information content (AvgIpc) is 3.13. The van der Waals surface area contributed by atoms with E-state index in [9.17, 15) is 18.0 Å². The lowest BCUT2D eigenvalue weighted by Crippen LogP contribution is -2.50. The molecule has 0 unspecified atom stereocenters. The number of aromatic nitrogens is 2. The Balaban J connectivity index is 1.48. The van der Waals surface area contributed by atoms with E-state index in [1.54, 1.807) is 11.1 Å². The van der Waals surface area contributed by atoms with Gasteiger partial charge in [0.15, 0.2) is 0 Å². The topological polar surface area (TPSA) is 53.4 Å². The minimum absolute atomic E-state index is 0.144. The first-order chi connectivity index (χ1) is 12.4. The molecule has 2 amide bonds. The van der Waals surface area contributed by atoms with E-state index in [-0.39, 0.29) is 11.7 Å². The summed E-state index contributed by atoms with van der Waals surface area (Å²) in [4.78, 5) is 16.1. The summed E-state index contributed by atoms with van der Waals surface area (Å²) in [6.45, 7) is 4.12. The minimum Gasteiger partial charge on any atom is -0.322 e. The number of amides is 2. The van der Waals surface area contributed by atoms with Gasteiger partial charge in [0.2, 0.25) is 0 Å². The molecule has 1 aromatic heterocycles. The van der Waals surface area contributed by atoms with Gasteiger partial charge in [-0.1, -0.05) is 6.07 Å². The molecule has 140 valence electrons. The third kappa shape index (κ3) is 4.75. The molecule has 0 bridgehead atoms. The molecule has 9 heteroatoms. The standard InChI is InChI=1S/C17H20F3N5O/c18-17(19,20)14-3-1-4-15(13-14)22-16(26)24-10-7-23(8-11-24)9-12-25-6-2-5-21-25/h1-6,13H,7-12H2,(H,22,26). The first-order valence-electron chi connectivity index (χ1n) is 8.35. The second-order valence-corrected chi connectivity index (χ2v) is 6.11. The Bertz CT molecular complexity index is 724. The summed E-state index contributed by atoms with van der Waals surface area (Å²) in [5, 5.41) is 6.70. The lowest BCUT2D eigenvalue weighted by Gasteiger charge is -2.34. The van der Waals surface area contributed by atoms with Crippen molar-refractivity contribution in [1.29, 1.82) is 0 Å². The van der Waals surface area contributed by atoms with Crippen LogP contribution < -0.4 is 5.32 Å². The molecule has 1 aliphatic rings. The van der Waals surface area contributed by atoms with Crippen molar-refractivity contribution in [3.05, 3.63) is 48.3 Å². The van der Waals surface area contributed by atoms with E-state index in [0.717, 1.165) is 38.3 Å². The molecule has 1 aliphatic heterocycles. The molecule has 1 N–H and O–H groups in total. The van der Waals surface area contributed by atoms with E-state index < -0.39 is 11.7 Å². The number of urea groups is 1. The van der Waals surface area contributed by atoms with E-state index >= 15 is 0 Å². The van der Waals surface area contributed by atoms with Crippen molar-refractivity contribution < 1.29 is 18.0 Å². The molecule has 6 nitrogen and oxygen atoms in total. The zero-order valence-electron chi connectivity index (χ0n) is 14.1. The second-order valence-electron chi connectivity index (χ2n) is 6.11. The maximum Gasteiger partial charge on any atom is 0.416 e. The highest BCUT2D eigenvalue weighted by Gasteiger charge is 2.30. The second kappa shape index (κ2) is 7.77. The van der Waals surface area contributed by atoms with Gasteiger partial charge in [0, 0.05) is 50.8 Å². The number of hydrogen-bond acceptors (Lipinski definition) is 3. The van der Waals surface area contributed by atoms with Crippen molar-refractivity contribution in [3.8, 4) is 0 Å². The monoisotopic (exact) mass is 367 g/mol. The Kier molecular flexibility index (Phi) is 5.46. The molecule has 2 heterocycles. The van der Waals surface area contributed by atoms with Crippen LogP contribution in [0.4, 0.5) is 23.7 Å². The molecule has 2 aromatic rings. The Morgan fingerprint density at radius 3 is 2.54 bits per heavy atom. The van der Waals surface area contributed by atoms with Crippen molar-refractivity contribution in [2.24, 2.45) is 0 Å². The number of nitrogens with zero attached hydrogens (tertiary/aromatic N) is 4. The molecule has 0 spiro atoms. The summed E-state index contributed by atoms with van der Waals surface area (Å²) in [6, 6.07) is 6.15. The summed E-state index contributed by atoms with van der Waals surface area (Å²) in [6.07, 6.45) is -0.796. The van der Waals surface area contributed by atoms with E-state index in [0.29, 0.717) is 13.1 Å². The maximum absolute atomic E-state index is 12.7. The third-order valence-corrected chi connectivity index (χ3v) is 4.31. The molecule has 1 saturated heterocycles. The number of carbonyl (C=O) groups excluding carboxylic acids is 1. The molecule has 0 radical (unpaired) electrons. The van der Waals surface area contributed by atoms with Gasteiger partial charge in [0.05, 0.1) is 12.1 Å². The van der Waals surface area contributed by atoms with Crippen LogP contribution in [0.15, 0.2) is 42.7 Å². The number of rotatable bonds is 4. The largest absolute Gasteiger partial charge is 0.416 e. The molecule has 1 fully saturated rings. The van der Waals surface area contributed by atoms with Crippen molar-refractivity contribution in [2.45, 2.75) is 12.7 Å². The summed E-state index contributed by atoms with van der Waals surface area (Å²) in [5.41, 5.74) is -0.635. The highest BCUT2D eigenvalue weighted by molar-refractivity contribution is 5.89. The zero-order valence-corrected chi connectivity index (χ0v) is 14.1. The van der Waals surface area contributed by atoms with Crippen molar-refractivity contribution in [3.63, 3.8) is 0 Å². The van der Waals surface area contributed by atoms with Gasteiger partial charge >= 0.3 is 12.2 Å². The summed E-state index contributed by atoms with van der Waals surface area (Å²) >= 11 is 0. The van der Waals surface area contributed by atoms with Crippen molar-refractivity contribution >= 4 is 11.7 Å². The van der Waals surface area contributed by atoms with Crippen LogP contribution >= 0.6 is 0 Å². The fourth-order valence-electron chi connectivity index (χ4n) is 2.83. The van der Waals surface area contributed by atoms with Crippen LogP contribution in [-0.4, -0.2) is 58.3 Å². The van der Waals surface area contributed by atoms with E-state index in [1.807, 2.05) is 16.9 Å². The predicted molar refractivity (Wildman–Crippen MR) is 90.7 cm³/mol. The molecule has 26 heavy (non-hydrogen) atoms. The smallest absolute Gasteiger partial charge is 0.322 e. The van der Waals surface area contributed by atoms with Gasteiger partial charge in [-0.2, -0.15) is 18.3 Å². The number of benzene rings is 1. The van der Waals surface area contributed by atoms with Crippen LogP contribution in [0.25, 0.3) is 0 Å². The van der Waals surface area contributed by atoms with Gasteiger partial charge < -0.3 is 10.2 Å². The van der Waals surface area contributed by atoms with Crippen LogP contribution in [0.2, 0.25) is 0 Å². The highest BCUT2D eigenvalue weighted by atomic mass is 19.4. The molecular formula is C17H20F3N5O. The summed E-state index contributed by atoms with van der Waals surface area (Å²) in [7, 11) is 0. The molecular weight excluding hydrogens is 347 g/mol. The summed E-state index contributed by atoms with van der Waals surface area (Å²) < 4.78 is 40.1. The Morgan fingerprint density at radius 1 is 1.12 bits per heavy atom. The molecule has 3 rings (SSSR count). The molecule has 0 aliphatic carbocycles. The van der Waals surface area contributed by atoms with Crippen LogP contribution in [0.5, 0.6) is 0 Å². The first kappa shape index (κ1) is 18.2. The van der Waals surface area contributed by atoms with Crippen LogP contribution in [-0.2, 0) is 12.7 Å². The fraction of sp³-hybridized carbons (Fsp3) is 0.412. The average molecular weight is 367 g/mol. The number of halogens is 3. The number of carbonyl (C=O) groups is 1. The fourth-order valence-corrected chi connectivity index (χ4v) is 2.83. The highest BCUT2D eigenvalue weighted by Crippen LogP contribution is 2.30. The zero-order chi connectivity index (χ0) is 18.6. The Hall–Kier alpha value is -2.55. The van der Waals surface area contributed by atoms with Gasteiger partial charge in [0.25, 0.3) is 0 Å². The summed E-state index contributed by atoms with van der Waals surface area (Å²) in [5.74, 6) is 0. The van der Waals surface area contributed by atoms with Crippen LogP contribution in [0.1, 0.15) is 5.56 Å². The number of piperazine rings is 1. The number of nitrogens with one attached hydrogen (secondary N) is 1. The van der Waals surface area contributed by atoms with Gasteiger partial charge in [0.1, 0.15) is 0 Å². The maximum atomic E-state index is 12.7. The van der Waals surface area contributed by atoms with Crippen molar-refractivity contribution in [1.82, 2.24) is 19.6 Å². The number of anilines is 1. The van der Waals surface area contributed by atoms with E-state index in [2.05, 4.69) is 15.3 Å². The van der Waals surface area contributed by atoms with Gasteiger partial charge in [-0.15, -0.1) is 0 Å². The Morgan fingerprint density at radius 2 is 1.88 bits per heavy atom. The van der Waals surface area contributed by atoms with Crippen LogP contribution in [0, 0.1) is 0 Å². The molecule has 0 saturated carbocycles. The predicted octanol–water partition coefficient (Wildman–Crippen LogP) is 2.75. The normalized spacial score (nSPS) is 15.9. The third-order valence-electron chi connectivity index (χ3n) is 4.31. The minimum atomic E-state index is -4.43. The Labute approximate surface area is 149 Å². The molecule has 1 aromatic carbocycles. The lowest BCUT2D eigenvalue weighted by atomic mass is 10.2. The first-order valence-corrected chi connectivity index (χ1v) is 8.35. The van der Waals surface area contributed by atoms with Gasteiger partial charge in [-0.05, 0) is 24.3 Å². The molecule has 0 atom stereocenters. The van der Waals surface area contributed by atoms with E-state index in [4.69, 9.17) is 0 Å². The van der Waals surface area contributed by atoms with Gasteiger partial charge in [-0.25, -0.2) is 4.79 Å². The van der Waals surface area contributed by atoms with E-state index in [1.165, 1.54) is 12.1 Å². The quantitative estimate of drug-likeness (QED) is 0.904. The number of hydrogen-bond donors (Lipinski definition) is 1. The van der Waals surface area contributed by atoms with Gasteiger partial charge in [-0.3, -0.25) is 9.58 Å².